The van der Waals surface area contributed by atoms with E-state index in [9.17, 15) is 9.59 Å². The average molecular weight is 433 g/mol. The summed E-state index contributed by atoms with van der Waals surface area (Å²) >= 11 is 12.3. The second-order valence-corrected chi connectivity index (χ2v) is 8.68. The van der Waals surface area contributed by atoms with E-state index >= 15 is 0 Å². The smallest absolute Gasteiger partial charge is 0.258 e. The third-order valence-electron chi connectivity index (χ3n) is 4.43. The number of amides is 2. The van der Waals surface area contributed by atoms with Gasteiger partial charge in [-0.1, -0.05) is 37.0 Å². The second-order valence-electron chi connectivity index (χ2n) is 7.86. The Morgan fingerprint density at radius 3 is 1.50 bits per heavy atom. The van der Waals surface area contributed by atoms with Crippen molar-refractivity contribution in [3.8, 4) is 11.5 Å². The minimum atomic E-state index is -0.321. The zero-order chi connectivity index (χ0) is 21.5. The number of rotatable bonds is 10. The lowest BCUT2D eigenvalue weighted by Gasteiger charge is -2.24. The molecule has 0 bridgehead atoms. The molecule has 2 amide bonds. The van der Waals surface area contributed by atoms with Crippen molar-refractivity contribution in [2.75, 3.05) is 13.2 Å². The lowest BCUT2D eigenvalue weighted by molar-refractivity contribution is -0.125. The summed E-state index contributed by atoms with van der Waals surface area (Å²) in [6, 6.07) is 2.93. The molecule has 0 spiro atoms. The van der Waals surface area contributed by atoms with Crippen LogP contribution in [-0.4, -0.2) is 36.1 Å². The monoisotopic (exact) mass is 432 g/mol. The molecule has 0 fully saturated rings. The predicted octanol–water partition coefficient (Wildman–Crippen LogP) is 4.36. The molecule has 1 aromatic rings. The van der Waals surface area contributed by atoms with Gasteiger partial charge in [-0.2, -0.15) is 0 Å². The number of halogens is 2. The van der Waals surface area contributed by atoms with Crippen molar-refractivity contribution < 1.29 is 19.1 Å². The van der Waals surface area contributed by atoms with Gasteiger partial charge >= 0.3 is 0 Å². The van der Waals surface area contributed by atoms with Crippen LogP contribution in [0.4, 0.5) is 0 Å². The van der Waals surface area contributed by atoms with Gasteiger partial charge in [0.15, 0.2) is 13.2 Å². The molecule has 0 saturated carbocycles. The van der Waals surface area contributed by atoms with Crippen LogP contribution in [0, 0.1) is 0 Å². The molecule has 0 aliphatic rings. The van der Waals surface area contributed by atoms with Crippen LogP contribution in [0.1, 0.15) is 54.4 Å². The zero-order valence-corrected chi connectivity index (χ0v) is 18.9. The molecule has 0 aromatic heterocycles. The van der Waals surface area contributed by atoms with Gasteiger partial charge in [0.2, 0.25) is 0 Å². The van der Waals surface area contributed by atoms with Crippen LogP contribution in [0.3, 0.4) is 0 Å². The fourth-order valence-electron chi connectivity index (χ4n) is 2.02. The Morgan fingerprint density at radius 1 is 0.821 bits per heavy atom. The Kier molecular flexibility index (Phi) is 8.89. The summed E-state index contributed by atoms with van der Waals surface area (Å²) in [4.78, 5) is 24.1. The third-order valence-corrected chi connectivity index (χ3v) is 5.02. The molecular weight excluding hydrogens is 403 g/mol. The van der Waals surface area contributed by atoms with Gasteiger partial charge < -0.3 is 20.1 Å². The molecule has 8 heteroatoms. The van der Waals surface area contributed by atoms with E-state index in [1.807, 2.05) is 41.5 Å². The highest BCUT2D eigenvalue weighted by atomic mass is 35.5. The number of carbonyl (C=O) groups is 2. The third kappa shape index (κ3) is 8.15. The summed E-state index contributed by atoms with van der Waals surface area (Å²) in [5.74, 6) is -0.0253. The van der Waals surface area contributed by atoms with E-state index in [-0.39, 0.29) is 57.7 Å². The predicted molar refractivity (Wildman–Crippen MR) is 112 cm³/mol. The van der Waals surface area contributed by atoms with E-state index in [4.69, 9.17) is 32.7 Å². The van der Waals surface area contributed by atoms with Gasteiger partial charge in [0.25, 0.3) is 11.8 Å². The van der Waals surface area contributed by atoms with E-state index in [2.05, 4.69) is 10.6 Å². The van der Waals surface area contributed by atoms with Crippen molar-refractivity contribution in [2.24, 2.45) is 0 Å². The lowest BCUT2D eigenvalue weighted by Crippen LogP contribution is -2.45. The van der Waals surface area contributed by atoms with Crippen LogP contribution in [0.5, 0.6) is 11.5 Å². The van der Waals surface area contributed by atoms with E-state index in [0.29, 0.717) is 0 Å². The van der Waals surface area contributed by atoms with Gasteiger partial charge in [0, 0.05) is 17.1 Å². The quantitative estimate of drug-likeness (QED) is 0.575. The Hall–Kier alpha value is -1.66. The summed E-state index contributed by atoms with van der Waals surface area (Å²) in [7, 11) is 0. The van der Waals surface area contributed by atoms with Gasteiger partial charge in [-0.3, -0.25) is 9.59 Å². The Balaban J connectivity index is 2.73. The first-order valence-corrected chi connectivity index (χ1v) is 10.0. The molecule has 0 atom stereocenters. The van der Waals surface area contributed by atoms with Crippen molar-refractivity contribution in [3.63, 3.8) is 0 Å². The molecule has 1 aromatic carbocycles. The van der Waals surface area contributed by atoms with Crippen molar-refractivity contribution in [2.45, 2.75) is 65.5 Å². The number of nitrogens with one attached hydrogen (secondary N) is 2. The van der Waals surface area contributed by atoms with Crippen LogP contribution in [-0.2, 0) is 9.59 Å². The molecule has 0 saturated heterocycles. The maximum absolute atomic E-state index is 12.0. The Bertz CT molecular complexity index is 650. The molecule has 2 N–H and O–H groups in total. The molecule has 1 rings (SSSR count). The van der Waals surface area contributed by atoms with Crippen LogP contribution in [0.25, 0.3) is 0 Å². The lowest BCUT2D eigenvalue weighted by atomic mass is 10.0. The van der Waals surface area contributed by atoms with Gasteiger partial charge in [-0.15, -0.1) is 0 Å². The first kappa shape index (κ1) is 24.4. The van der Waals surface area contributed by atoms with Crippen LogP contribution in [0.2, 0.25) is 10.0 Å². The highest BCUT2D eigenvalue weighted by Gasteiger charge is 2.20. The number of ether oxygens (including phenoxy) is 2. The molecule has 28 heavy (non-hydrogen) atoms. The Morgan fingerprint density at radius 2 is 1.18 bits per heavy atom. The molecule has 0 heterocycles. The number of hydrogen-bond acceptors (Lipinski definition) is 4. The second kappa shape index (κ2) is 10.2. The van der Waals surface area contributed by atoms with Crippen LogP contribution >= 0.6 is 23.2 Å². The van der Waals surface area contributed by atoms with Gasteiger partial charge in [0.1, 0.15) is 11.5 Å². The average Bonchev–Trinajstić information content (AvgIpc) is 2.59. The van der Waals surface area contributed by atoms with Crippen LogP contribution in [0.15, 0.2) is 12.1 Å². The van der Waals surface area contributed by atoms with E-state index in [1.165, 1.54) is 12.1 Å². The largest absolute Gasteiger partial charge is 0.482 e. The fourth-order valence-corrected chi connectivity index (χ4v) is 2.51. The molecule has 0 unspecified atom stereocenters. The summed E-state index contributed by atoms with van der Waals surface area (Å²) in [6.07, 6.45) is 1.57. The molecule has 0 radical (unpaired) electrons. The minimum absolute atomic E-state index is 0.199. The van der Waals surface area contributed by atoms with E-state index in [1.54, 1.807) is 0 Å². The summed E-state index contributed by atoms with van der Waals surface area (Å²) in [6.45, 7) is 11.3. The standard InChI is InChI=1S/C20H30Cl2N2O4/c1-7-19(3,4)23-17(25)11-27-15-10-16(14(22)9-13(15)21)28-12-18(26)24-20(5,6)8-2/h9-10H,7-8,11-12H2,1-6H3,(H,23,25)(H,24,26). The van der Waals surface area contributed by atoms with Crippen molar-refractivity contribution >= 4 is 35.0 Å². The highest BCUT2D eigenvalue weighted by Crippen LogP contribution is 2.35. The SMILES string of the molecule is CCC(C)(C)NC(=O)COc1cc(OCC(=O)NC(C)(C)CC)c(Cl)cc1Cl. The van der Waals surface area contributed by atoms with Crippen molar-refractivity contribution in [1.82, 2.24) is 10.6 Å². The molecule has 6 nitrogen and oxygen atoms in total. The maximum Gasteiger partial charge on any atom is 0.258 e. The zero-order valence-electron chi connectivity index (χ0n) is 17.4. The summed E-state index contributed by atoms with van der Waals surface area (Å²) < 4.78 is 11.0. The molecule has 158 valence electrons. The minimum Gasteiger partial charge on any atom is -0.482 e. The number of carbonyl (C=O) groups excluding carboxylic acids is 2. The van der Waals surface area contributed by atoms with Crippen LogP contribution < -0.4 is 20.1 Å². The first-order chi connectivity index (χ1) is 12.9. The van der Waals surface area contributed by atoms with E-state index in [0.717, 1.165) is 12.8 Å². The van der Waals surface area contributed by atoms with E-state index < -0.39 is 0 Å². The first-order valence-electron chi connectivity index (χ1n) is 9.25. The van der Waals surface area contributed by atoms with Gasteiger partial charge in [0.05, 0.1) is 10.0 Å². The normalized spacial score (nSPS) is 11.7. The number of benzene rings is 1. The van der Waals surface area contributed by atoms with Crippen molar-refractivity contribution in [1.29, 1.82) is 0 Å². The van der Waals surface area contributed by atoms with Gasteiger partial charge in [-0.05, 0) is 46.6 Å². The number of hydrogen-bond donors (Lipinski definition) is 2. The van der Waals surface area contributed by atoms with Gasteiger partial charge in [-0.25, -0.2) is 0 Å². The maximum atomic E-state index is 12.0. The van der Waals surface area contributed by atoms with Crippen molar-refractivity contribution in [3.05, 3.63) is 22.2 Å². The molecule has 0 aliphatic carbocycles. The summed E-state index contributed by atoms with van der Waals surface area (Å²) in [5.41, 5.74) is -0.643. The fraction of sp³-hybridized carbons (Fsp3) is 0.600. The Labute approximate surface area is 177 Å². The topological polar surface area (TPSA) is 76.7 Å². The highest BCUT2D eigenvalue weighted by molar-refractivity contribution is 6.36. The molecule has 0 aliphatic heterocycles. The summed E-state index contributed by atoms with van der Waals surface area (Å²) in [5, 5.41) is 6.24. The molecular formula is C20H30Cl2N2O4.